The van der Waals surface area contributed by atoms with E-state index in [2.05, 4.69) is 5.32 Å². The van der Waals surface area contributed by atoms with E-state index in [1.165, 1.54) is 12.8 Å². The molecule has 0 radical (unpaired) electrons. The Kier molecular flexibility index (Phi) is 5.23. The van der Waals surface area contributed by atoms with E-state index in [1.807, 2.05) is 0 Å². The first-order valence-electron chi connectivity index (χ1n) is 4.90. The molecule has 0 unspecified atom stereocenters. The molecule has 76 valence electrons. The first-order valence-corrected chi connectivity index (χ1v) is 6.05. The molecule has 0 spiro atoms. The van der Waals surface area contributed by atoms with Crippen LogP contribution < -0.4 is 11.1 Å². The van der Waals surface area contributed by atoms with Gasteiger partial charge >= 0.3 is 0 Å². The van der Waals surface area contributed by atoms with E-state index in [1.54, 1.807) is 11.8 Å². The lowest BCUT2D eigenvalue weighted by molar-refractivity contribution is -0.119. The minimum atomic E-state index is 0.172. The number of amides is 1. The number of hydrogen-bond donors (Lipinski definition) is 2. The first-order chi connectivity index (χ1) is 6.33. The van der Waals surface area contributed by atoms with E-state index in [9.17, 15) is 4.79 Å². The summed E-state index contributed by atoms with van der Waals surface area (Å²) in [4.78, 5) is 11.3. The van der Waals surface area contributed by atoms with Crippen molar-refractivity contribution in [3.63, 3.8) is 0 Å². The van der Waals surface area contributed by atoms with Crippen LogP contribution >= 0.6 is 11.8 Å². The molecule has 0 atom stereocenters. The maximum Gasteiger partial charge on any atom is 0.230 e. The molecule has 3 N–H and O–H groups in total. The number of nitrogens with two attached hydrogens (primary N) is 1. The maximum absolute atomic E-state index is 11.3. The predicted molar refractivity (Wildman–Crippen MR) is 56.8 cm³/mol. The lowest BCUT2D eigenvalue weighted by Crippen LogP contribution is -2.34. The third-order valence-electron chi connectivity index (χ3n) is 2.22. The summed E-state index contributed by atoms with van der Waals surface area (Å²) in [5.41, 5.74) is 5.33. The van der Waals surface area contributed by atoms with Gasteiger partial charge in [0.15, 0.2) is 0 Å². The third kappa shape index (κ3) is 4.52. The van der Waals surface area contributed by atoms with E-state index in [-0.39, 0.29) is 5.91 Å². The smallest absolute Gasteiger partial charge is 0.230 e. The minimum Gasteiger partial charge on any atom is -0.353 e. The number of hydrogen-bond acceptors (Lipinski definition) is 3. The van der Waals surface area contributed by atoms with E-state index in [4.69, 9.17) is 5.73 Å². The van der Waals surface area contributed by atoms with Crippen LogP contribution in [0.2, 0.25) is 0 Å². The summed E-state index contributed by atoms with van der Waals surface area (Å²) in [6, 6.07) is 0.450. The number of nitrogens with one attached hydrogen (secondary N) is 1. The zero-order valence-electron chi connectivity index (χ0n) is 7.92. The Hall–Kier alpha value is -0.220. The van der Waals surface area contributed by atoms with Crippen molar-refractivity contribution in [2.24, 2.45) is 5.73 Å². The second kappa shape index (κ2) is 6.27. The van der Waals surface area contributed by atoms with Gasteiger partial charge in [0.2, 0.25) is 5.91 Å². The van der Waals surface area contributed by atoms with Crippen LogP contribution in [0, 0.1) is 0 Å². The van der Waals surface area contributed by atoms with Gasteiger partial charge in [-0.3, -0.25) is 4.79 Å². The molecule has 0 bridgehead atoms. The summed E-state index contributed by atoms with van der Waals surface area (Å²) in [6.07, 6.45) is 4.85. The molecule has 0 saturated heterocycles. The van der Waals surface area contributed by atoms with Crippen LogP contribution in [0.15, 0.2) is 0 Å². The molecule has 3 nitrogen and oxygen atoms in total. The molecular formula is C9H18N2OS. The molecule has 1 amide bonds. The molecule has 1 fully saturated rings. The average Bonchev–Trinajstić information content (AvgIpc) is 2.57. The normalized spacial score (nSPS) is 17.6. The Bertz CT molecular complexity index is 158. The predicted octanol–water partition coefficient (Wildman–Crippen LogP) is 0.737. The first kappa shape index (κ1) is 10.9. The van der Waals surface area contributed by atoms with Gasteiger partial charge < -0.3 is 11.1 Å². The maximum atomic E-state index is 11.3. The largest absolute Gasteiger partial charge is 0.353 e. The topological polar surface area (TPSA) is 55.1 Å². The standard InChI is InChI=1S/C9H18N2OS/c10-5-6-13-7-9(12)11-8-3-1-2-4-8/h8H,1-7,10H2,(H,11,12). The quantitative estimate of drug-likeness (QED) is 0.646. The second-order valence-corrected chi connectivity index (χ2v) is 4.50. The van der Waals surface area contributed by atoms with Crippen molar-refractivity contribution in [2.75, 3.05) is 18.1 Å². The van der Waals surface area contributed by atoms with Gasteiger partial charge in [0, 0.05) is 18.3 Å². The van der Waals surface area contributed by atoms with Gasteiger partial charge in [-0.15, -0.1) is 0 Å². The highest BCUT2D eigenvalue weighted by atomic mass is 32.2. The zero-order valence-corrected chi connectivity index (χ0v) is 8.74. The number of rotatable bonds is 5. The Balaban J connectivity index is 2.02. The lowest BCUT2D eigenvalue weighted by Gasteiger charge is -2.11. The Morgan fingerprint density at radius 2 is 2.15 bits per heavy atom. The van der Waals surface area contributed by atoms with Gasteiger partial charge in [-0.05, 0) is 12.8 Å². The van der Waals surface area contributed by atoms with Gasteiger partial charge in [-0.1, -0.05) is 12.8 Å². The van der Waals surface area contributed by atoms with Crippen LogP contribution in [0.4, 0.5) is 0 Å². The van der Waals surface area contributed by atoms with Crippen molar-refractivity contribution in [3.8, 4) is 0 Å². The third-order valence-corrected chi connectivity index (χ3v) is 3.21. The molecular weight excluding hydrogens is 184 g/mol. The Morgan fingerprint density at radius 1 is 1.46 bits per heavy atom. The highest BCUT2D eigenvalue weighted by Crippen LogP contribution is 2.17. The SMILES string of the molecule is NCCSCC(=O)NC1CCCC1. The zero-order chi connectivity index (χ0) is 9.52. The van der Waals surface area contributed by atoms with Crippen molar-refractivity contribution in [1.82, 2.24) is 5.32 Å². The van der Waals surface area contributed by atoms with Crippen LogP contribution in [0.5, 0.6) is 0 Å². The average molecular weight is 202 g/mol. The molecule has 4 heteroatoms. The van der Waals surface area contributed by atoms with Crippen LogP contribution in [0.3, 0.4) is 0 Å². The van der Waals surface area contributed by atoms with Gasteiger partial charge in [0.05, 0.1) is 5.75 Å². The van der Waals surface area contributed by atoms with Crippen molar-refractivity contribution in [2.45, 2.75) is 31.7 Å². The Labute approximate surface area is 83.8 Å². The molecule has 0 aliphatic heterocycles. The molecule has 0 heterocycles. The van der Waals surface area contributed by atoms with Gasteiger partial charge in [0.1, 0.15) is 0 Å². The summed E-state index contributed by atoms with van der Waals surface area (Å²) in [7, 11) is 0. The fourth-order valence-electron chi connectivity index (χ4n) is 1.59. The highest BCUT2D eigenvalue weighted by Gasteiger charge is 2.16. The van der Waals surface area contributed by atoms with E-state index < -0.39 is 0 Å². The van der Waals surface area contributed by atoms with E-state index >= 15 is 0 Å². The van der Waals surface area contributed by atoms with Crippen molar-refractivity contribution in [3.05, 3.63) is 0 Å². The molecule has 1 saturated carbocycles. The van der Waals surface area contributed by atoms with Crippen LogP contribution in [-0.4, -0.2) is 30.0 Å². The van der Waals surface area contributed by atoms with Crippen molar-refractivity contribution in [1.29, 1.82) is 0 Å². The fraction of sp³-hybridized carbons (Fsp3) is 0.889. The van der Waals surface area contributed by atoms with E-state index in [0.717, 1.165) is 18.6 Å². The fourth-order valence-corrected chi connectivity index (χ4v) is 2.17. The highest BCUT2D eigenvalue weighted by molar-refractivity contribution is 7.99. The summed E-state index contributed by atoms with van der Waals surface area (Å²) < 4.78 is 0. The molecule has 0 aromatic heterocycles. The van der Waals surface area contributed by atoms with Crippen LogP contribution in [0.25, 0.3) is 0 Å². The van der Waals surface area contributed by atoms with Crippen molar-refractivity contribution < 1.29 is 4.79 Å². The van der Waals surface area contributed by atoms with Crippen molar-refractivity contribution >= 4 is 17.7 Å². The van der Waals surface area contributed by atoms with Gasteiger partial charge in [-0.25, -0.2) is 0 Å². The number of thioether (sulfide) groups is 1. The second-order valence-electron chi connectivity index (χ2n) is 3.39. The molecule has 0 aromatic rings. The van der Waals surface area contributed by atoms with Crippen LogP contribution in [-0.2, 0) is 4.79 Å². The summed E-state index contributed by atoms with van der Waals surface area (Å²) in [6.45, 7) is 0.654. The van der Waals surface area contributed by atoms with E-state index in [0.29, 0.717) is 18.3 Å². The monoisotopic (exact) mass is 202 g/mol. The Morgan fingerprint density at radius 3 is 2.77 bits per heavy atom. The molecule has 13 heavy (non-hydrogen) atoms. The molecule has 1 aliphatic rings. The lowest BCUT2D eigenvalue weighted by atomic mass is 10.2. The minimum absolute atomic E-state index is 0.172. The van der Waals surface area contributed by atoms with Crippen LogP contribution in [0.1, 0.15) is 25.7 Å². The molecule has 1 rings (SSSR count). The summed E-state index contributed by atoms with van der Waals surface area (Å²) in [5, 5.41) is 3.04. The number of carbonyl (C=O) groups excluding carboxylic acids is 1. The summed E-state index contributed by atoms with van der Waals surface area (Å²) >= 11 is 1.61. The van der Waals surface area contributed by atoms with Gasteiger partial charge in [-0.2, -0.15) is 11.8 Å². The molecule has 0 aromatic carbocycles. The summed E-state index contributed by atoms with van der Waals surface area (Å²) in [5.74, 6) is 1.61. The van der Waals surface area contributed by atoms with Gasteiger partial charge in [0.25, 0.3) is 0 Å². The number of carbonyl (C=O) groups is 1. The molecule has 1 aliphatic carbocycles.